The second-order valence-electron chi connectivity index (χ2n) is 5.75. The Labute approximate surface area is 95.2 Å². The van der Waals surface area contributed by atoms with Gasteiger partial charge in [0, 0.05) is 18.6 Å². The molecule has 1 rings (SSSR count). The first-order chi connectivity index (χ1) is 6.86. The summed E-state index contributed by atoms with van der Waals surface area (Å²) in [6, 6.07) is 1.42. The molecule has 0 bridgehead atoms. The third-order valence-corrected chi connectivity index (χ3v) is 3.49. The Morgan fingerprint density at radius 2 is 1.80 bits per heavy atom. The van der Waals surface area contributed by atoms with Gasteiger partial charge in [-0.05, 0) is 20.3 Å². The number of piperazine rings is 1. The van der Waals surface area contributed by atoms with Gasteiger partial charge in [0.25, 0.3) is 0 Å². The number of rotatable bonds is 3. The molecule has 1 aliphatic rings. The smallest absolute Gasteiger partial charge is 0.0855 e. The molecule has 3 heteroatoms. The van der Waals surface area contributed by atoms with E-state index in [1.165, 1.54) is 26.1 Å². The molecule has 1 heterocycles. The van der Waals surface area contributed by atoms with Gasteiger partial charge >= 0.3 is 0 Å². The molecule has 3 nitrogen and oxygen atoms in total. The molecule has 0 N–H and O–H groups in total. The predicted octanol–water partition coefficient (Wildman–Crippen LogP) is 1.41. The topological polar surface area (TPSA) is 6.48 Å². The first kappa shape index (κ1) is 12.9. The van der Waals surface area contributed by atoms with E-state index in [4.69, 9.17) is 0 Å². The molecule has 1 unspecified atom stereocenters. The first-order valence-electron chi connectivity index (χ1n) is 6.19. The molecule has 0 aliphatic carbocycles. The van der Waals surface area contributed by atoms with Crippen LogP contribution in [0, 0.1) is 0 Å². The summed E-state index contributed by atoms with van der Waals surface area (Å²) in [5, 5.41) is 2.56. The molecule has 0 aromatic carbocycles. The predicted molar refractivity (Wildman–Crippen MR) is 65.5 cm³/mol. The van der Waals surface area contributed by atoms with Crippen molar-refractivity contribution in [3.05, 3.63) is 0 Å². The van der Waals surface area contributed by atoms with E-state index in [9.17, 15) is 0 Å². The van der Waals surface area contributed by atoms with Crippen LogP contribution in [0.5, 0.6) is 0 Å². The average molecular weight is 214 g/mol. The van der Waals surface area contributed by atoms with Gasteiger partial charge in [0.2, 0.25) is 0 Å². The second kappa shape index (κ2) is 4.81. The summed E-state index contributed by atoms with van der Waals surface area (Å²) in [6.07, 6.45) is 1.26. The lowest BCUT2D eigenvalue weighted by Crippen LogP contribution is -2.63. The van der Waals surface area contributed by atoms with E-state index in [-0.39, 0.29) is 0 Å². The highest BCUT2D eigenvalue weighted by Gasteiger charge is 2.33. The summed E-state index contributed by atoms with van der Waals surface area (Å²) in [4.78, 5) is 2.64. The van der Waals surface area contributed by atoms with Crippen LogP contribution in [0.2, 0.25) is 0 Å². The normalized spacial score (nSPS) is 26.2. The molecule has 15 heavy (non-hydrogen) atoms. The van der Waals surface area contributed by atoms with Crippen LogP contribution in [-0.4, -0.2) is 67.4 Å². The number of quaternary nitrogens is 1. The van der Waals surface area contributed by atoms with E-state index in [1.54, 1.807) is 0 Å². The lowest BCUT2D eigenvalue weighted by Gasteiger charge is -2.47. The monoisotopic (exact) mass is 214 g/mol. The minimum atomic E-state index is 0.685. The molecule has 0 spiro atoms. The van der Waals surface area contributed by atoms with E-state index in [1.807, 2.05) is 0 Å². The summed E-state index contributed by atoms with van der Waals surface area (Å²) in [5.41, 5.74) is 0. The maximum atomic E-state index is 2.64. The zero-order valence-electron chi connectivity index (χ0n) is 11.3. The van der Waals surface area contributed by atoms with Crippen molar-refractivity contribution >= 4 is 0 Å². The molecule has 1 fully saturated rings. The van der Waals surface area contributed by atoms with E-state index in [0.717, 1.165) is 10.6 Å². The van der Waals surface area contributed by atoms with Crippen LogP contribution in [0.25, 0.3) is 0 Å². The SMILES string of the molecule is CCC1CN([N+](C)(C)C)CCN1C(C)C. The Bertz CT molecular complexity index is 196. The van der Waals surface area contributed by atoms with Crippen LogP contribution in [0.15, 0.2) is 0 Å². The maximum Gasteiger partial charge on any atom is 0.0855 e. The largest absolute Gasteiger partial charge is 0.295 e. The summed E-state index contributed by atoms with van der Waals surface area (Å²) >= 11 is 0. The molecule has 1 aliphatic heterocycles. The molecule has 0 amide bonds. The Morgan fingerprint density at radius 3 is 2.20 bits per heavy atom. The fourth-order valence-corrected chi connectivity index (χ4v) is 2.44. The van der Waals surface area contributed by atoms with Crippen molar-refractivity contribution in [1.29, 1.82) is 0 Å². The van der Waals surface area contributed by atoms with Crippen LogP contribution in [0.4, 0.5) is 0 Å². The molecule has 0 saturated carbocycles. The minimum absolute atomic E-state index is 0.685. The van der Waals surface area contributed by atoms with Crippen molar-refractivity contribution in [2.45, 2.75) is 39.3 Å². The molecule has 0 radical (unpaired) electrons. The van der Waals surface area contributed by atoms with E-state index in [0.29, 0.717) is 6.04 Å². The fraction of sp³-hybridized carbons (Fsp3) is 1.00. The standard InChI is InChI=1S/C12H28N3/c1-7-12-10-13(15(4,5)6)8-9-14(12)11(2)3/h11-12H,7-10H2,1-6H3/q+1. The Hall–Kier alpha value is -0.120. The van der Waals surface area contributed by atoms with Crippen LogP contribution < -0.4 is 0 Å². The van der Waals surface area contributed by atoms with Crippen molar-refractivity contribution in [3.63, 3.8) is 0 Å². The lowest BCUT2D eigenvalue weighted by molar-refractivity contribution is -0.988. The van der Waals surface area contributed by atoms with Gasteiger partial charge in [-0.2, -0.15) is 5.01 Å². The van der Waals surface area contributed by atoms with Gasteiger partial charge in [-0.1, -0.05) is 6.92 Å². The van der Waals surface area contributed by atoms with Crippen LogP contribution in [0.3, 0.4) is 0 Å². The van der Waals surface area contributed by atoms with Crippen molar-refractivity contribution in [2.24, 2.45) is 0 Å². The highest BCUT2D eigenvalue weighted by Crippen LogP contribution is 2.18. The van der Waals surface area contributed by atoms with Gasteiger partial charge < -0.3 is 0 Å². The van der Waals surface area contributed by atoms with Gasteiger partial charge in [0.05, 0.1) is 34.2 Å². The summed E-state index contributed by atoms with van der Waals surface area (Å²) < 4.78 is 0.961. The van der Waals surface area contributed by atoms with Crippen LogP contribution in [-0.2, 0) is 0 Å². The molecular weight excluding hydrogens is 186 g/mol. The molecule has 1 saturated heterocycles. The first-order valence-corrected chi connectivity index (χ1v) is 6.19. The zero-order valence-corrected chi connectivity index (χ0v) is 11.3. The third-order valence-electron chi connectivity index (χ3n) is 3.49. The van der Waals surface area contributed by atoms with Crippen molar-refractivity contribution in [1.82, 2.24) is 9.91 Å². The Morgan fingerprint density at radius 1 is 1.20 bits per heavy atom. The Kier molecular flexibility index (Phi) is 4.15. The Balaban J connectivity index is 2.63. The highest BCUT2D eigenvalue weighted by atomic mass is 15.7. The van der Waals surface area contributed by atoms with Gasteiger partial charge in [0.1, 0.15) is 0 Å². The summed E-state index contributed by atoms with van der Waals surface area (Å²) in [5.74, 6) is 0. The van der Waals surface area contributed by atoms with Gasteiger partial charge in [-0.15, -0.1) is 0 Å². The maximum absolute atomic E-state index is 2.64. The van der Waals surface area contributed by atoms with E-state index < -0.39 is 0 Å². The van der Waals surface area contributed by atoms with Crippen molar-refractivity contribution in [3.8, 4) is 0 Å². The van der Waals surface area contributed by atoms with Crippen LogP contribution >= 0.6 is 0 Å². The summed E-state index contributed by atoms with van der Waals surface area (Å²) in [6.45, 7) is 10.5. The minimum Gasteiger partial charge on any atom is -0.295 e. The van der Waals surface area contributed by atoms with Crippen LogP contribution in [0.1, 0.15) is 27.2 Å². The second-order valence-corrected chi connectivity index (χ2v) is 5.75. The molecule has 0 aromatic heterocycles. The quantitative estimate of drug-likeness (QED) is 0.656. The van der Waals surface area contributed by atoms with Crippen molar-refractivity contribution in [2.75, 3.05) is 40.8 Å². The van der Waals surface area contributed by atoms with Gasteiger partial charge in [0.15, 0.2) is 0 Å². The highest BCUT2D eigenvalue weighted by molar-refractivity contribution is 4.80. The fourth-order valence-electron chi connectivity index (χ4n) is 2.44. The lowest BCUT2D eigenvalue weighted by atomic mass is 10.1. The van der Waals surface area contributed by atoms with E-state index >= 15 is 0 Å². The molecule has 1 atom stereocenters. The van der Waals surface area contributed by atoms with Gasteiger partial charge in [-0.25, -0.2) is 0 Å². The number of hydrogen-bond acceptors (Lipinski definition) is 2. The number of hydrogen-bond donors (Lipinski definition) is 0. The van der Waals surface area contributed by atoms with E-state index in [2.05, 4.69) is 51.8 Å². The number of nitrogens with zero attached hydrogens (tertiary/aromatic N) is 3. The van der Waals surface area contributed by atoms with Gasteiger partial charge in [-0.3, -0.25) is 9.49 Å². The van der Waals surface area contributed by atoms with Crippen molar-refractivity contribution < 1.29 is 4.59 Å². The zero-order chi connectivity index (χ0) is 11.6. The molecule has 90 valence electrons. The third kappa shape index (κ3) is 3.16. The summed E-state index contributed by atoms with van der Waals surface area (Å²) in [7, 11) is 6.78. The molecular formula is C12H28N3+. The molecule has 0 aromatic rings. The average Bonchev–Trinajstić information content (AvgIpc) is 2.15.